The van der Waals surface area contributed by atoms with E-state index < -0.39 is 17.8 Å². The minimum absolute atomic E-state index is 0.154. The lowest BCUT2D eigenvalue weighted by Gasteiger charge is -2.11. The first kappa shape index (κ1) is 15.8. The molecular formula is C15H12ClFN2O3. The van der Waals surface area contributed by atoms with E-state index >= 15 is 0 Å². The van der Waals surface area contributed by atoms with Gasteiger partial charge in [0.2, 0.25) is 0 Å². The Kier molecular flexibility index (Phi) is 4.95. The van der Waals surface area contributed by atoms with Crippen LogP contribution in [0.4, 0.5) is 20.6 Å². The van der Waals surface area contributed by atoms with Gasteiger partial charge in [-0.05, 0) is 36.4 Å². The van der Waals surface area contributed by atoms with E-state index in [1.165, 1.54) is 49.6 Å². The quantitative estimate of drug-likeness (QED) is 0.842. The number of hydrogen-bond acceptors (Lipinski definition) is 3. The van der Waals surface area contributed by atoms with E-state index in [1.54, 1.807) is 0 Å². The molecule has 0 bridgehead atoms. The molecule has 0 saturated carbocycles. The molecule has 0 aliphatic heterocycles. The topological polar surface area (TPSA) is 67.4 Å². The van der Waals surface area contributed by atoms with Gasteiger partial charge in [0.05, 0.1) is 18.4 Å². The second-order valence-corrected chi connectivity index (χ2v) is 4.71. The van der Waals surface area contributed by atoms with Crippen LogP contribution in [0.1, 0.15) is 10.4 Å². The number of carbonyl (C=O) groups is 2. The van der Waals surface area contributed by atoms with Gasteiger partial charge in [-0.3, -0.25) is 0 Å². The Morgan fingerprint density at radius 3 is 2.59 bits per heavy atom. The molecule has 0 aliphatic carbocycles. The molecule has 0 fully saturated rings. The van der Waals surface area contributed by atoms with E-state index in [9.17, 15) is 14.0 Å². The molecule has 7 heteroatoms. The zero-order valence-corrected chi connectivity index (χ0v) is 12.3. The largest absolute Gasteiger partial charge is 0.465 e. The lowest BCUT2D eigenvalue weighted by atomic mass is 10.2. The Morgan fingerprint density at radius 2 is 1.91 bits per heavy atom. The normalized spacial score (nSPS) is 9.95. The maximum absolute atomic E-state index is 13.1. The Bertz CT molecular complexity index is 722. The predicted molar refractivity (Wildman–Crippen MR) is 81.8 cm³/mol. The van der Waals surface area contributed by atoms with Gasteiger partial charge < -0.3 is 15.4 Å². The van der Waals surface area contributed by atoms with Crippen molar-refractivity contribution in [3.8, 4) is 0 Å². The number of halogens is 2. The van der Waals surface area contributed by atoms with Crippen LogP contribution in [0.3, 0.4) is 0 Å². The molecule has 22 heavy (non-hydrogen) atoms. The molecular weight excluding hydrogens is 311 g/mol. The second-order valence-electron chi connectivity index (χ2n) is 4.27. The third-order valence-corrected chi connectivity index (χ3v) is 2.95. The summed E-state index contributed by atoms with van der Waals surface area (Å²) in [5, 5.41) is 5.27. The minimum Gasteiger partial charge on any atom is -0.465 e. The van der Waals surface area contributed by atoms with Crippen LogP contribution in [0.5, 0.6) is 0 Å². The summed E-state index contributed by atoms with van der Waals surface area (Å²) in [4.78, 5) is 23.6. The van der Waals surface area contributed by atoms with E-state index in [-0.39, 0.29) is 16.9 Å². The van der Waals surface area contributed by atoms with Crippen LogP contribution < -0.4 is 10.6 Å². The summed E-state index contributed by atoms with van der Waals surface area (Å²) in [6.07, 6.45) is 0. The second kappa shape index (κ2) is 6.91. The number of benzene rings is 2. The van der Waals surface area contributed by atoms with Gasteiger partial charge in [0.1, 0.15) is 5.82 Å². The average molecular weight is 323 g/mol. The first-order valence-corrected chi connectivity index (χ1v) is 6.59. The highest BCUT2D eigenvalue weighted by Crippen LogP contribution is 2.22. The molecule has 5 nitrogen and oxygen atoms in total. The highest BCUT2D eigenvalue weighted by atomic mass is 35.5. The molecule has 2 aromatic rings. The van der Waals surface area contributed by atoms with Crippen molar-refractivity contribution >= 4 is 35.0 Å². The van der Waals surface area contributed by atoms with E-state index in [2.05, 4.69) is 15.4 Å². The van der Waals surface area contributed by atoms with Gasteiger partial charge in [-0.1, -0.05) is 17.7 Å². The first-order valence-electron chi connectivity index (χ1n) is 6.21. The Balaban J connectivity index is 2.17. The zero-order valence-electron chi connectivity index (χ0n) is 11.5. The van der Waals surface area contributed by atoms with Gasteiger partial charge in [-0.25, -0.2) is 14.0 Å². The van der Waals surface area contributed by atoms with E-state index in [0.717, 1.165) is 0 Å². The average Bonchev–Trinajstić information content (AvgIpc) is 2.46. The predicted octanol–water partition coefficient (Wildman–Crippen LogP) is 3.91. The molecule has 0 unspecified atom stereocenters. The fourth-order valence-corrected chi connectivity index (χ4v) is 1.93. The van der Waals surface area contributed by atoms with Gasteiger partial charge in [0, 0.05) is 10.7 Å². The van der Waals surface area contributed by atoms with Gasteiger partial charge in [0.15, 0.2) is 0 Å². The van der Waals surface area contributed by atoms with E-state index in [4.69, 9.17) is 11.6 Å². The standard InChI is InChI=1S/C15H12ClFN2O3/c1-22-14(20)12-6-5-9(16)7-13(12)19-15(21)18-11-4-2-3-10(17)8-11/h2-8H,1H3,(H2,18,19,21). The van der Waals surface area contributed by atoms with Crippen LogP contribution >= 0.6 is 11.6 Å². The summed E-state index contributed by atoms with van der Waals surface area (Å²) in [7, 11) is 1.23. The monoisotopic (exact) mass is 322 g/mol. The molecule has 0 saturated heterocycles. The number of ether oxygens (including phenoxy) is 1. The number of hydrogen-bond donors (Lipinski definition) is 2. The van der Waals surface area contributed by atoms with Crippen molar-refractivity contribution in [3.05, 3.63) is 58.9 Å². The fourth-order valence-electron chi connectivity index (χ4n) is 1.76. The maximum Gasteiger partial charge on any atom is 0.339 e. The van der Waals surface area contributed by atoms with Crippen LogP contribution in [-0.4, -0.2) is 19.1 Å². The fraction of sp³-hybridized carbons (Fsp3) is 0.0667. The lowest BCUT2D eigenvalue weighted by molar-refractivity contribution is 0.0602. The van der Waals surface area contributed by atoms with Crippen LogP contribution in [-0.2, 0) is 4.74 Å². The number of amides is 2. The van der Waals surface area contributed by atoms with E-state index in [0.29, 0.717) is 5.02 Å². The molecule has 0 atom stereocenters. The van der Waals surface area contributed by atoms with Crippen molar-refractivity contribution < 1.29 is 18.7 Å². The molecule has 2 rings (SSSR count). The molecule has 0 aliphatic rings. The zero-order chi connectivity index (χ0) is 16.1. The Morgan fingerprint density at radius 1 is 1.14 bits per heavy atom. The molecule has 2 amide bonds. The molecule has 0 spiro atoms. The lowest BCUT2D eigenvalue weighted by Crippen LogP contribution is -2.21. The Labute approximate surface area is 131 Å². The molecule has 2 aromatic carbocycles. The smallest absolute Gasteiger partial charge is 0.339 e. The molecule has 0 heterocycles. The Hall–Kier alpha value is -2.60. The number of anilines is 2. The number of carbonyl (C=O) groups excluding carboxylic acids is 2. The van der Waals surface area contributed by atoms with Crippen LogP contribution in [0.15, 0.2) is 42.5 Å². The van der Waals surface area contributed by atoms with Crippen LogP contribution in [0.2, 0.25) is 5.02 Å². The number of nitrogens with one attached hydrogen (secondary N) is 2. The molecule has 2 N–H and O–H groups in total. The highest BCUT2D eigenvalue weighted by Gasteiger charge is 2.14. The number of urea groups is 1. The van der Waals surface area contributed by atoms with E-state index in [1.807, 2.05) is 0 Å². The maximum atomic E-state index is 13.1. The molecule has 114 valence electrons. The van der Waals surface area contributed by atoms with Crippen molar-refractivity contribution in [1.82, 2.24) is 0 Å². The highest BCUT2D eigenvalue weighted by molar-refractivity contribution is 6.31. The number of esters is 1. The van der Waals surface area contributed by atoms with Gasteiger partial charge in [-0.15, -0.1) is 0 Å². The number of rotatable bonds is 3. The van der Waals surface area contributed by atoms with Gasteiger partial charge in [-0.2, -0.15) is 0 Å². The SMILES string of the molecule is COC(=O)c1ccc(Cl)cc1NC(=O)Nc1cccc(F)c1. The summed E-state index contributed by atoms with van der Waals surface area (Å²) in [5.41, 5.74) is 0.619. The van der Waals surface area contributed by atoms with Crippen molar-refractivity contribution in [2.24, 2.45) is 0 Å². The third-order valence-electron chi connectivity index (χ3n) is 2.72. The van der Waals surface area contributed by atoms with Crippen molar-refractivity contribution in [1.29, 1.82) is 0 Å². The number of methoxy groups -OCH3 is 1. The first-order chi connectivity index (χ1) is 10.5. The van der Waals surface area contributed by atoms with Crippen molar-refractivity contribution in [2.45, 2.75) is 0 Å². The molecule has 0 aromatic heterocycles. The summed E-state index contributed by atoms with van der Waals surface area (Å²) in [6, 6.07) is 9.13. The van der Waals surface area contributed by atoms with Gasteiger partial charge >= 0.3 is 12.0 Å². The summed E-state index contributed by atoms with van der Waals surface area (Å²) in [6.45, 7) is 0. The van der Waals surface area contributed by atoms with Crippen LogP contribution in [0, 0.1) is 5.82 Å². The van der Waals surface area contributed by atoms with Crippen molar-refractivity contribution in [2.75, 3.05) is 17.7 Å². The summed E-state index contributed by atoms with van der Waals surface area (Å²) in [5.74, 6) is -1.09. The summed E-state index contributed by atoms with van der Waals surface area (Å²) >= 11 is 5.86. The van der Waals surface area contributed by atoms with Crippen molar-refractivity contribution in [3.63, 3.8) is 0 Å². The summed E-state index contributed by atoms with van der Waals surface area (Å²) < 4.78 is 17.7. The van der Waals surface area contributed by atoms with Crippen LogP contribution in [0.25, 0.3) is 0 Å². The van der Waals surface area contributed by atoms with Gasteiger partial charge in [0.25, 0.3) is 0 Å². The third kappa shape index (κ3) is 3.95. The minimum atomic E-state index is -0.641. The molecule has 0 radical (unpaired) electrons.